The molecule has 0 saturated heterocycles. The molecule has 1 aliphatic carbocycles. The largest absolute Gasteiger partial charge is 0.385 e. The summed E-state index contributed by atoms with van der Waals surface area (Å²) >= 11 is 3.12. The zero-order valence-electron chi connectivity index (χ0n) is 15.2. The lowest BCUT2D eigenvalue weighted by Crippen LogP contribution is -2.27. The van der Waals surface area contributed by atoms with Crippen LogP contribution in [0.15, 0.2) is 4.79 Å². The van der Waals surface area contributed by atoms with Gasteiger partial charge in [-0.2, -0.15) is 0 Å². The van der Waals surface area contributed by atoms with Crippen LogP contribution in [0.25, 0.3) is 10.2 Å². The van der Waals surface area contributed by atoms with Crippen LogP contribution < -0.4 is 10.9 Å². The Bertz CT molecular complexity index is 831. The van der Waals surface area contributed by atoms with E-state index in [0.29, 0.717) is 36.4 Å². The number of hydrogen-bond donors (Lipinski definition) is 2. The van der Waals surface area contributed by atoms with Crippen LogP contribution in [0.3, 0.4) is 0 Å². The number of carbonyl (C=O) groups excluding carboxylic acids is 1. The van der Waals surface area contributed by atoms with Crippen molar-refractivity contribution in [3.05, 3.63) is 26.6 Å². The topological polar surface area (TPSA) is 84.1 Å². The van der Waals surface area contributed by atoms with Gasteiger partial charge in [0.05, 0.1) is 16.9 Å². The first kappa shape index (κ1) is 19.4. The van der Waals surface area contributed by atoms with E-state index in [4.69, 9.17) is 4.74 Å². The first-order valence-corrected chi connectivity index (χ1v) is 10.9. The number of hydrogen-bond acceptors (Lipinski definition) is 6. The molecule has 142 valence electrons. The molecule has 2 aromatic heterocycles. The van der Waals surface area contributed by atoms with Crippen molar-refractivity contribution in [3.8, 4) is 0 Å². The van der Waals surface area contributed by atoms with Crippen molar-refractivity contribution in [2.75, 3.05) is 26.0 Å². The number of carbonyl (C=O) groups is 1. The summed E-state index contributed by atoms with van der Waals surface area (Å²) in [4.78, 5) is 34.0. The predicted molar refractivity (Wildman–Crippen MR) is 107 cm³/mol. The molecule has 0 spiro atoms. The lowest BCUT2D eigenvalue weighted by molar-refractivity contribution is -0.118. The third-order valence-corrected chi connectivity index (χ3v) is 6.63. The van der Waals surface area contributed by atoms with Gasteiger partial charge in [0.2, 0.25) is 5.91 Å². The first-order valence-electron chi connectivity index (χ1n) is 8.95. The van der Waals surface area contributed by atoms with Crippen LogP contribution in [-0.2, 0) is 28.1 Å². The molecule has 3 rings (SSSR count). The van der Waals surface area contributed by atoms with E-state index in [-0.39, 0.29) is 11.5 Å². The third-order valence-electron chi connectivity index (χ3n) is 4.53. The fraction of sp³-hybridized carbons (Fsp3) is 0.611. The molecule has 2 heterocycles. The minimum atomic E-state index is -0.0401. The summed E-state index contributed by atoms with van der Waals surface area (Å²) in [7, 11) is 1.65. The van der Waals surface area contributed by atoms with Gasteiger partial charge in [-0.25, -0.2) is 4.98 Å². The molecule has 2 N–H and O–H groups in total. The van der Waals surface area contributed by atoms with Crippen LogP contribution in [0.1, 0.15) is 36.0 Å². The van der Waals surface area contributed by atoms with Crippen LogP contribution in [0, 0.1) is 5.92 Å². The van der Waals surface area contributed by atoms with E-state index in [9.17, 15) is 9.59 Å². The van der Waals surface area contributed by atoms with Crippen molar-refractivity contribution in [3.63, 3.8) is 0 Å². The molecule has 1 atom stereocenters. The van der Waals surface area contributed by atoms with Gasteiger partial charge in [-0.05, 0) is 37.2 Å². The molecule has 2 aromatic rings. The number of thiophene rings is 1. The molecule has 0 saturated carbocycles. The number of amides is 1. The number of fused-ring (bicyclic) bond motifs is 3. The number of methoxy groups -OCH3 is 1. The molecule has 1 aliphatic rings. The lowest BCUT2D eigenvalue weighted by atomic mass is 9.89. The SMILES string of the molecule is COCCCNC(=O)CSCc1nc2sc3c(c2c(=O)[nH]1)CC[C@@H](C)C3. The molecular formula is C18H25N3O3S2. The van der Waals surface area contributed by atoms with Crippen molar-refractivity contribution in [2.45, 2.75) is 38.4 Å². The predicted octanol–water partition coefficient (Wildman–Crippen LogP) is 2.50. The lowest BCUT2D eigenvalue weighted by Gasteiger charge is -2.17. The van der Waals surface area contributed by atoms with E-state index in [2.05, 4.69) is 22.2 Å². The van der Waals surface area contributed by atoms with E-state index in [1.807, 2.05) is 0 Å². The van der Waals surface area contributed by atoms with Crippen LogP contribution in [-0.4, -0.2) is 41.9 Å². The Morgan fingerprint density at radius 1 is 1.50 bits per heavy atom. The molecule has 0 unspecified atom stereocenters. The average molecular weight is 396 g/mol. The summed E-state index contributed by atoms with van der Waals surface area (Å²) in [5.74, 6) is 2.19. The van der Waals surface area contributed by atoms with E-state index in [1.165, 1.54) is 22.2 Å². The van der Waals surface area contributed by atoms with Gasteiger partial charge in [0, 0.05) is 25.1 Å². The normalized spacial score (nSPS) is 16.6. The summed E-state index contributed by atoms with van der Waals surface area (Å²) in [5, 5.41) is 3.63. The molecule has 6 nitrogen and oxygen atoms in total. The average Bonchev–Trinajstić information content (AvgIpc) is 2.96. The van der Waals surface area contributed by atoms with Gasteiger partial charge >= 0.3 is 0 Å². The Morgan fingerprint density at radius 3 is 3.15 bits per heavy atom. The molecule has 0 aliphatic heterocycles. The molecular weight excluding hydrogens is 370 g/mol. The fourth-order valence-electron chi connectivity index (χ4n) is 3.20. The van der Waals surface area contributed by atoms with Gasteiger partial charge in [0.1, 0.15) is 10.7 Å². The maximum atomic E-state index is 12.5. The maximum Gasteiger partial charge on any atom is 0.259 e. The van der Waals surface area contributed by atoms with Gasteiger partial charge in [-0.15, -0.1) is 23.1 Å². The van der Waals surface area contributed by atoms with E-state index in [0.717, 1.165) is 35.9 Å². The highest BCUT2D eigenvalue weighted by Gasteiger charge is 2.22. The second-order valence-corrected chi connectivity index (χ2v) is 8.80. The van der Waals surface area contributed by atoms with Gasteiger partial charge in [-0.1, -0.05) is 6.92 Å². The Labute approximate surface area is 161 Å². The van der Waals surface area contributed by atoms with Crippen LogP contribution >= 0.6 is 23.1 Å². The number of thioether (sulfide) groups is 1. The fourth-order valence-corrected chi connectivity index (χ4v) is 5.32. The second-order valence-electron chi connectivity index (χ2n) is 6.73. The zero-order chi connectivity index (χ0) is 18.5. The second kappa shape index (κ2) is 9.01. The number of H-pyrrole nitrogens is 1. The Balaban J connectivity index is 1.59. The number of nitrogens with zero attached hydrogens (tertiary/aromatic N) is 1. The first-order chi connectivity index (χ1) is 12.6. The summed E-state index contributed by atoms with van der Waals surface area (Å²) in [6.45, 7) is 3.52. The number of aryl methyl sites for hydroxylation is 1. The number of rotatable bonds is 8. The molecule has 0 aromatic carbocycles. The quantitative estimate of drug-likeness (QED) is 0.671. The van der Waals surface area contributed by atoms with Crippen molar-refractivity contribution in [1.29, 1.82) is 0 Å². The molecule has 26 heavy (non-hydrogen) atoms. The minimum absolute atomic E-state index is 0.00453. The highest BCUT2D eigenvalue weighted by Crippen LogP contribution is 2.35. The van der Waals surface area contributed by atoms with Gasteiger partial charge in [0.15, 0.2) is 0 Å². The van der Waals surface area contributed by atoms with Gasteiger partial charge < -0.3 is 15.0 Å². The van der Waals surface area contributed by atoms with Crippen LogP contribution in [0.5, 0.6) is 0 Å². The smallest absolute Gasteiger partial charge is 0.259 e. The summed E-state index contributed by atoms with van der Waals surface area (Å²) in [6.07, 6.45) is 3.96. The number of aromatic amines is 1. The summed E-state index contributed by atoms with van der Waals surface area (Å²) in [6, 6.07) is 0. The molecule has 1 amide bonds. The molecule has 0 bridgehead atoms. The van der Waals surface area contributed by atoms with Crippen molar-refractivity contribution in [2.24, 2.45) is 5.92 Å². The third kappa shape index (κ3) is 4.66. The minimum Gasteiger partial charge on any atom is -0.385 e. The molecule has 0 fully saturated rings. The summed E-state index contributed by atoms with van der Waals surface area (Å²) in [5.41, 5.74) is 1.16. The van der Waals surface area contributed by atoms with Crippen molar-refractivity contribution in [1.82, 2.24) is 15.3 Å². The van der Waals surface area contributed by atoms with Crippen molar-refractivity contribution < 1.29 is 9.53 Å². The maximum absolute atomic E-state index is 12.5. The number of aromatic nitrogens is 2. The Kier molecular flexibility index (Phi) is 6.72. The standard InChI is InChI=1S/C18H25N3O3S2/c1-11-4-5-12-13(8-11)26-18-16(12)17(23)20-14(21-18)9-25-10-15(22)19-6-3-7-24-2/h11H,3-10H2,1-2H3,(H,19,22)(H,20,21,23)/t11-/m1/s1. The monoisotopic (exact) mass is 395 g/mol. The van der Waals surface area contributed by atoms with E-state index in [1.54, 1.807) is 18.4 Å². The van der Waals surface area contributed by atoms with Gasteiger partial charge in [-0.3, -0.25) is 9.59 Å². The summed E-state index contributed by atoms with van der Waals surface area (Å²) < 4.78 is 4.95. The molecule has 0 radical (unpaired) electrons. The van der Waals surface area contributed by atoms with Gasteiger partial charge in [0.25, 0.3) is 5.56 Å². The Hall–Kier alpha value is -1.38. The van der Waals surface area contributed by atoms with Crippen molar-refractivity contribution >= 4 is 39.2 Å². The van der Waals surface area contributed by atoms with Crippen LogP contribution in [0.4, 0.5) is 0 Å². The van der Waals surface area contributed by atoms with Crippen LogP contribution in [0.2, 0.25) is 0 Å². The number of ether oxygens (including phenoxy) is 1. The number of nitrogens with one attached hydrogen (secondary N) is 2. The Morgan fingerprint density at radius 2 is 2.35 bits per heavy atom. The van der Waals surface area contributed by atoms with E-state index < -0.39 is 0 Å². The van der Waals surface area contributed by atoms with E-state index >= 15 is 0 Å². The zero-order valence-corrected chi connectivity index (χ0v) is 16.9. The highest BCUT2D eigenvalue weighted by atomic mass is 32.2. The molecule has 8 heteroatoms. The highest BCUT2D eigenvalue weighted by molar-refractivity contribution is 7.99.